The first-order chi connectivity index (χ1) is 23.6. The van der Waals surface area contributed by atoms with Crippen LogP contribution >= 0.6 is 0 Å². The van der Waals surface area contributed by atoms with Gasteiger partial charge in [0, 0.05) is 22.4 Å². The van der Waals surface area contributed by atoms with Gasteiger partial charge in [0.15, 0.2) is 0 Å². The average molecular weight is 622 g/mol. The number of nitrogens with zero attached hydrogens (tertiary/aromatic N) is 1. The molecule has 1 spiro atoms. The third kappa shape index (κ3) is 4.59. The molecular weight excluding hydrogens is 579 g/mol. The summed E-state index contributed by atoms with van der Waals surface area (Å²) in [6, 6.07) is 56.4. The Bertz CT molecular complexity index is 2070. The fourth-order valence-electron chi connectivity index (χ4n) is 10.2. The SMILES string of the molecule is C[C@H]1C[C@@H]2C[C@H](C1)C1(c3ccccc3-c3ccc(N(c4ccc(-c5ccccc5)cc4)c4ccccc4-c4ccccc4)cc31)[C@H](C)C2. The van der Waals surface area contributed by atoms with Crippen LogP contribution in [0.1, 0.15) is 50.7 Å². The summed E-state index contributed by atoms with van der Waals surface area (Å²) < 4.78 is 0. The van der Waals surface area contributed by atoms with E-state index in [4.69, 9.17) is 0 Å². The molecule has 3 aliphatic carbocycles. The second-order valence-electron chi connectivity index (χ2n) is 14.8. The molecule has 3 aliphatic rings. The van der Waals surface area contributed by atoms with Gasteiger partial charge in [-0.25, -0.2) is 0 Å². The summed E-state index contributed by atoms with van der Waals surface area (Å²) in [7, 11) is 0. The van der Waals surface area contributed by atoms with E-state index in [-0.39, 0.29) is 5.41 Å². The number of para-hydroxylation sites is 1. The average Bonchev–Trinajstić information content (AvgIpc) is 3.43. The Hall–Kier alpha value is -4.88. The molecule has 1 heteroatoms. The van der Waals surface area contributed by atoms with E-state index in [0.29, 0.717) is 11.8 Å². The molecule has 2 saturated carbocycles. The minimum absolute atomic E-state index is 0.0505. The summed E-state index contributed by atoms with van der Waals surface area (Å²) in [5.74, 6) is 2.91. The number of benzene rings is 6. The molecule has 2 fully saturated rings. The quantitative estimate of drug-likeness (QED) is 0.185. The van der Waals surface area contributed by atoms with Gasteiger partial charge in [0.1, 0.15) is 0 Å². The van der Waals surface area contributed by atoms with Gasteiger partial charge in [-0.3, -0.25) is 0 Å². The molecule has 9 rings (SSSR count). The van der Waals surface area contributed by atoms with Crippen LogP contribution in [0.25, 0.3) is 33.4 Å². The zero-order chi connectivity index (χ0) is 32.2. The number of rotatable bonds is 5. The van der Waals surface area contributed by atoms with Crippen molar-refractivity contribution in [1.29, 1.82) is 0 Å². The van der Waals surface area contributed by atoms with Gasteiger partial charge in [0.05, 0.1) is 5.69 Å². The van der Waals surface area contributed by atoms with Crippen LogP contribution in [0.3, 0.4) is 0 Å². The molecule has 0 aliphatic heterocycles. The van der Waals surface area contributed by atoms with Crippen LogP contribution in [0.4, 0.5) is 17.1 Å². The van der Waals surface area contributed by atoms with Crippen molar-refractivity contribution in [1.82, 2.24) is 0 Å². The minimum Gasteiger partial charge on any atom is -0.310 e. The van der Waals surface area contributed by atoms with E-state index in [0.717, 1.165) is 11.8 Å². The van der Waals surface area contributed by atoms with Gasteiger partial charge in [-0.05, 0) is 119 Å². The zero-order valence-electron chi connectivity index (χ0n) is 28.0. The van der Waals surface area contributed by atoms with Gasteiger partial charge in [-0.15, -0.1) is 0 Å². The standard InChI is InChI=1S/C47H43N/c1-32-27-34-29-33(2)47(38(28-32)30-34)44-19-11-9-18-42(44)43-26-25-40(31-45(43)47)48(39-23-21-36(22-24-39)35-13-5-3-6-14-35)46-20-12-10-17-41(46)37-15-7-4-8-16-37/h3-26,31-34,38H,27-30H2,1-2H3/t32-,33+,34-,38-,47?/m0/s1. The van der Waals surface area contributed by atoms with Gasteiger partial charge >= 0.3 is 0 Å². The van der Waals surface area contributed by atoms with Crippen molar-refractivity contribution in [3.05, 3.63) is 163 Å². The Labute approximate surface area is 285 Å². The lowest BCUT2D eigenvalue weighted by atomic mass is 9.49. The maximum atomic E-state index is 2.60. The summed E-state index contributed by atoms with van der Waals surface area (Å²) in [5, 5.41) is 0. The molecule has 1 nitrogen and oxygen atoms in total. The summed E-state index contributed by atoms with van der Waals surface area (Å²) in [5.41, 5.74) is 14.6. The largest absolute Gasteiger partial charge is 0.310 e. The van der Waals surface area contributed by atoms with E-state index in [9.17, 15) is 0 Å². The Morgan fingerprint density at radius 3 is 1.85 bits per heavy atom. The lowest BCUT2D eigenvalue weighted by Crippen LogP contribution is -2.49. The van der Waals surface area contributed by atoms with Crippen molar-refractivity contribution < 1.29 is 0 Å². The first kappa shape index (κ1) is 29.3. The molecule has 0 heterocycles. The first-order valence-corrected chi connectivity index (χ1v) is 18.0. The molecule has 0 N–H and O–H groups in total. The minimum atomic E-state index is 0.0505. The van der Waals surface area contributed by atoms with Crippen LogP contribution in [0, 0.1) is 23.7 Å². The van der Waals surface area contributed by atoms with Crippen molar-refractivity contribution in [2.45, 2.75) is 44.9 Å². The Morgan fingerprint density at radius 1 is 0.479 bits per heavy atom. The number of hydrogen-bond donors (Lipinski definition) is 0. The first-order valence-electron chi connectivity index (χ1n) is 18.0. The predicted molar refractivity (Wildman–Crippen MR) is 202 cm³/mol. The molecule has 0 saturated heterocycles. The second kappa shape index (κ2) is 11.7. The van der Waals surface area contributed by atoms with E-state index in [1.165, 1.54) is 76.1 Å². The molecular formula is C47H43N. The Kier molecular flexibility index (Phi) is 7.12. The maximum Gasteiger partial charge on any atom is 0.0540 e. The fourth-order valence-corrected chi connectivity index (χ4v) is 10.2. The summed E-state index contributed by atoms with van der Waals surface area (Å²) in [6.07, 6.45) is 5.39. The fraction of sp³-hybridized carbons (Fsp3) is 0.234. The van der Waals surface area contributed by atoms with E-state index in [2.05, 4.69) is 170 Å². The molecule has 1 unspecified atom stereocenters. The number of anilines is 3. The summed E-state index contributed by atoms with van der Waals surface area (Å²) in [4.78, 5) is 2.51. The summed E-state index contributed by atoms with van der Waals surface area (Å²) in [6.45, 7) is 5.07. The zero-order valence-corrected chi connectivity index (χ0v) is 28.0. The molecule has 236 valence electrons. The van der Waals surface area contributed by atoms with Gasteiger partial charge in [0.25, 0.3) is 0 Å². The normalized spacial score (nSPS) is 23.8. The van der Waals surface area contributed by atoms with E-state index < -0.39 is 0 Å². The highest BCUT2D eigenvalue weighted by atomic mass is 15.1. The van der Waals surface area contributed by atoms with Gasteiger partial charge in [0.2, 0.25) is 0 Å². The lowest BCUT2D eigenvalue weighted by molar-refractivity contribution is 0.0426. The highest BCUT2D eigenvalue weighted by Crippen LogP contribution is 2.65. The topological polar surface area (TPSA) is 3.24 Å². The van der Waals surface area contributed by atoms with Crippen molar-refractivity contribution in [3.63, 3.8) is 0 Å². The molecule has 6 aromatic carbocycles. The van der Waals surface area contributed by atoms with Crippen LogP contribution in [0.5, 0.6) is 0 Å². The van der Waals surface area contributed by atoms with Crippen molar-refractivity contribution in [2.75, 3.05) is 4.90 Å². The second-order valence-corrected chi connectivity index (χ2v) is 14.8. The van der Waals surface area contributed by atoms with Gasteiger partial charge in [-0.1, -0.05) is 135 Å². The van der Waals surface area contributed by atoms with Crippen LogP contribution in [-0.2, 0) is 5.41 Å². The summed E-state index contributed by atoms with van der Waals surface area (Å²) >= 11 is 0. The van der Waals surface area contributed by atoms with Crippen LogP contribution in [0.2, 0.25) is 0 Å². The van der Waals surface area contributed by atoms with Gasteiger partial charge in [-0.2, -0.15) is 0 Å². The molecule has 5 atom stereocenters. The van der Waals surface area contributed by atoms with E-state index in [1.807, 2.05) is 0 Å². The lowest BCUT2D eigenvalue weighted by Gasteiger charge is -2.54. The Morgan fingerprint density at radius 2 is 1.08 bits per heavy atom. The highest BCUT2D eigenvalue weighted by molar-refractivity contribution is 5.91. The predicted octanol–water partition coefficient (Wildman–Crippen LogP) is 12.8. The number of fused-ring (bicyclic) bond motifs is 8. The van der Waals surface area contributed by atoms with E-state index in [1.54, 1.807) is 11.1 Å². The third-order valence-corrected chi connectivity index (χ3v) is 12.0. The van der Waals surface area contributed by atoms with Crippen LogP contribution in [0.15, 0.2) is 152 Å². The molecule has 2 bridgehead atoms. The molecule has 6 aromatic rings. The molecule has 0 radical (unpaired) electrons. The van der Waals surface area contributed by atoms with Crippen LogP contribution < -0.4 is 4.90 Å². The van der Waals surface area contributed by atoms with Gasteiger partial charge < -0.3 is 4.90 Å². The van der Waals surface area contributed by atoms with Crippen molar-refractivity contribution >= 4 is 17.1 Å². The number of hydrogen-bond acceptors (Lipinski definition) is 1. The molecule has 48 heavy (non-hydrogen) atoms. The van der Waals surface area contributed by atoms with Crippen LogP contribution in [-0.4, -0.2) is 0 Å². The monoisotopic (exact) mass is 621 g/mol. The van der Waals surface area contributed by atoms with Crippen molar-refractivity contribution in [3.8, 4) is 33.4 Å². The smallest absolute Gasteiger partial charge is 0.0540 e. The molecule has 0 amide bonds. The van der Waals surface area contributed by atoms with Crippen molar-refractivity contribution in [2.24, 2.45) is 23.7 Å². The highest BCUT2D eigenvalue weighted by Gasteiger charge is 2.56. The third-order valence-electron chi connectivity index (χ3n) is 12.0. The Balaban J connectivity index is 1.25. The van der Waals surface area contributed by atoms with E-state index >= 15 is 0 Å². The maximum absolute atomic E-state index is 2.60. The molecule has 0 aromatic heterocycles.